The van der Waals surface area contributed by atoms with Gasteiger partial charge in [-0.05, 0) is 44.6 Å². The van der Waals surface area contributed by atoms with Crippen molar-refractivity contribution < 1.29 is 9.53 Å². The summed E-state index contributed by atoms with van der Waals surface area (Å²) in [6.07, 6.45) is 1.50. The lowest BCUT2D eigenvalue weighted by molar-refractivity contribution is -0.155. The van der Waals surface area contributed by atoms with Gasteiger partial charge in [0.1, 0.15) is 5.60 Å². The van der Waals surface area contributed by atoms with Crippen LogP contribution in [0.4, 0.5) is 0 Å². The first-order valence-corrected chi connectivity index (χ1v) is 7.04. The van der Waals surface area contributed by atoms with Crippen LogP contribution in [0.1, 0.15) is 58.9 Å². The van der Waals surface area contributed by atoms with Gasteiger partial charge in [-0.1, -0.05) is 44.2 Å². The Labute approximate surface area is 117 Å². The summed E-state index contributed by atoms with van der Waals surface area (Å²) >= 11 is 0. The molecular formula is C17H26O2. The van der Waals surface area contributed by atoms with Gasteiger partial charge in [-0.15, -0.1) is 0 Å². The molecule has 1 rings (SSSR count). The summed E-state index contributed by atoms with van der Waals surface area (Å²) in [5.74, 6) is 0.712. The second kappa shape index (κ2) is 6.74. The van der Waals surface area contributed by atoms with Gasteiger partial charge in [0, 0.05) is 6.42 Å². The minimum Gasteiger partial charge on any atom is -0.460 e. The average molecular weight is 262 g/mol. The molecule has 0 amide bonds. The van der Waals surface area contributed by atoms with Crippen molar-refractivity contribution in [1.29, 1.82) is 0 Å². The molecule has 0 N–H and O–H groups in total. The van der Waals surface area contributed by atoms with Crippen molar-refractivity contribution in [3.63, 3.8) is 0 Å². The molecule has 2 atom stereocenters. The third-order valence-corrected chi connectivity index (χ3v) is 3.06. The largest absolute Gasteiger partial charge is 0.460 e. The van der Waals surface area contributed by atoms with E-state index in [4.69, 9.17) is 4.74 Å². The first-order chi connectivity index (χ1) is 8.78. The summed E-state index contributed by atoms with van der Waals surface area (Å²) < 4.78 is 5.36. The Morgan fingerprint density at radius 3 is 2.26 bits per heavy atom. The van der Waals surface area contributed by atoms with Gasteiger partial charge < -0.3 is 4.74 Å². The predicted molar refractivity (Wildman–Crippen MR) is 79.1 cm³/mol. The molecule has 0 aliphatic heterocycles. The van der Waals surface area contributed by atoms with Crippen LogP contribution in [0.3, 0.4) is 0 Å². The standard InChI is InChI=1S/C17H26O2/c1-13(12-16(18)19-17(3,4)5)11-14(2)15-9-7-6-8-10-15/h6-10,13-14H,11-12H2,1-5H3/t13-,14-/m0/s1. The normalized spacial score (nSPS) is 14.8. The highest BCUT2D eigenvalue weighted by molar-refractivity contribution is 5.70. The fraction of sp³-hybridized carbons (Fsp3) is 0.588. The summed E-state index contributed by atoms with van der Waals surface area (Å²) in [6.45, 7) is 10.0. The molecule has 0 aromatic heterocycles. The molecule has 2 heteroatoms. The lowest BCUT2D eigenvalue weighted by Crippen LogP contribution is -2.25. The van der Waals surface area contributed by atoms with Gasteiger partial charge in [-0.3, -0.25) is 4.79 Å². The van der Waals surface area contributed by atoms with E-state index in [-0.39, 0.29) is 11.6 Å². The van der Waals surface area contributed by atoms with E-state index in [0.29, 0.717) is 18.3 Å². The maximum atomic E-state index is 11.8. The Balaban J connectivity index is 2.43. The number of carbonyl (C=O) groups excluding carboxylic acids is 1. The van der Waals surface area contributed by atoms with E-state index < -0.39 is 0 Å². The molecule has 19 heavy (non-hydrogen) atoms. The zero-order valence-corrected chi connectivity index (χ0v) is 12.8. The van der Waals surface area contributed by atoms with E-state index in [2.05, 4.69) is 38.1 Å². The first kappa shape index (κ1) is 15.7. The van der Waals surface area contributed by atoms with Crippen LogP contribution in [0, 0.1) is 5.92 Å². The van der Waals surface area contributed by atoms with Crippen molar-refractivity contribution in [2.75, 3.05) is 0 Å². The van der Waals surface area contributed by atoms with Gasteiger partial charge in [0.15, 0.2) is 0 Å². The molecule has 0 aliphatic carbocycles. The Hall–Kier alpha value is -1.31. The minimum absolute atomic E-state index is 0.0970. The molecule has 0 saturated carbocycles. The molecule has 2 nitrogen and oxygen atoms in total. The summed E-state index contributed by atoms with van der Waals surface area (Å²) in [4.78, 5) is 11.8. The lowest BCUT2D eigenvalue weighted by Gasteiger charge is -2.22. The Morgan fingerprint density at radius 1 is 1.16 bits per heavy atom. The van der Waals surface area contributed by atoms with Gasteiger partial charge in [0.2, 0.25) is 0 Å². The van der Waals surface area contributed by atoms with Crippen LogP contribution in [0.15, 0.2) is 30.3 Å². The lowest BCUT2D eigenvalue weighted by atomic mass is 9.89. The quantitative estimate of drug-likeness (QED) is 0.728. The maximum absolute atomic E-state index is 11.8. The third kappa shape index (κ3) is 6.42. The fourth-order valence-corrected chi connectivity index (χ4v) is 2.27. The van der Waals surface area contributed by atoms with E-state index in [1.165, 1.54) is 5.56 Å². The molecule has 0 saturated heterocycles. The smallest absolute Gasteiger partial charge is 0.306 e. The number of rotatable bonds is 5. The average Bonchev–Trinajstić information content (AvgIpc) is 2.27. The van der Waals surface area contributed by atoms with E-state index in [1.807, 2.05) is 26.8 Å². The Bertz CT molecular complexity index is 389. The van der Waals surface area contributed by atoms with Crippen LogP contribution in [0.5, 0.6) is 0 Å². The molecule has 0 unspecified atom stereocenters. The van der Waals surface area contributed by atoms with Crippen molar-refractivity contribution in [3.8, 4) is 0 Å². The van der Waals surface area contributed by atoms with E-state index in [9.17, 15) is 4.79 Å². The highest BCUT2D eigenvalue weighted by Gasteiger charge is 2.19. The van der Waals surface area contributed by atoms with Crippen LogP contribution in [-0.2, 0) is 9.53 Å². The van der Waals surface area contributed by atoms with Gasteiger partial charge in [-0.2, -0.15) is 0 Å². The minimum atomic E-state index is -0.387. The van der Waals surface area contributed by atoms with Gasteiger partial charge in [-0.25, -0.2) is 0 Å². The van der Waals surface area contributed by atoms with Crippen molar-refractivity contribution in [3.05, 3.63) is 35.9 Å². The summed E-state index contributed by atoms with van der Waals surface area (Å²) in [6, 6.07) is 10.4. The van der Waals surface area contributed by atoms with Crippen LogP contribution >= 0.6 is 0 Å². The molecule has 0 bridgehead atoms. The second-order valence-corrected chi connectivity index (χ2v) is 6.44. The molecule has 0 aliphatic rings. The molecule has 0 radical (unpaired) electrons. The number of hydrogen-bond donors (Lipinski definition) is 0. The number of benzene rings is 1. The van der Waals surface area contributed by atoms with Gasteiger partial charge >= 0.3 is 5.97 Å². The molecule has 0 fully saturated rings. The Morgan fingerprint density at radius 2 is 1.74 bits per heavy atom. The summed E-state index contributed by atoms with van der Waals surface area (Å²) in [5, 5.41) is 0. The van der Waals surface area contributed by atoms with Gasteiger partial charge in [0.05, 0.1) is 0 Å². The molecule has 0 heterocycles. The van der Waals surface area contributed by atoms with E-state index in [0.717, 1.165) is 6.42 Å². The highest BCUT2D eigenvalue weighted by atomic mass is 16.6. The SMILES string of the molecule is C[C@H](CC(=O)OC(C)(C)C)C[C@H](C)c1ccccc1. The number of esters is 1. The van der Waals surface area contributed by atoms with Crippen molar-refractivity contribution in [1.82, 2.24) is 0 Å². The monoisotopic (exact) mass is 262 g/mol. The topological polar surface area (TPSA) is 26.3 Å². The van der Waals surface area contributed by atoms with E-state index >= 15 is 0 Å². The zero-order valence-electron chi connectivity index (χ0n) is 12.8. The van der Waals surface area contributed by atoms with E-state index in [1.54, 1.807) is 0 Å². The molecule has 1 aromatic carbocycles. The predicted octanol–water partition coefficient (Wildman–Crippen LogP) is 4.55. The third-order valence-electron chi connectivity index (χ3n) is 3.06. The zero-order chi connectivity index (χ0) is 14.5. The number of carbonyl (C=O) groups is 1. The summed E-state index contributed by atoms with van der Waals surface area (Å²) in [5.41, 5.74) is 0.945. The van der Waals surface area contributed by atoms with Crippen molar-refractivity contribution >= 4 is 5.97 Å². The number of ether oxygens (including phenoxy) is 1. The van der Waals surface area contributed by atoms with Crippen LogP contribution in [-0.4, -0.2) is 11.6 Å². The van der Waals surface area contributed by atoms with Crippen LogP contribution < -0.4 is 0 Å². The fourth-order valence-electron chi connectivity index (χ4n) is 2.27. The first-order valence-electron chi connectivity index (χ1n) is 7.04. The van der Waals surface area contributed by atoms with Crippen molar-refractivity contribution in [2.24, 2.45) is 5.92 Å². The second-order valence-electron chi connectivity index (χ2n) is 6.44. The summed E-state index contributed by atoms with van der Waals surface area (Å²) in [7, 11) is 0. The highest BCUT2D eigenvalue weighted by Crippen LogP contribution is 2.25. The molecule has 1 aromatic rings. The number of hydrogen-bond acceptors (Lipinski definition) is 2. The maximum Gasteiger partial charge on any atom is 0.306 e. The molecular weight excluding hydrogens is 236 g/mol. The van der Waals surface area contributed by atoms with Crippen molar-refractivity contribution in [2.45, 2.75) is 59.0 Å². The van der Waals surface area contributed by atoms with Crippen LogP contribution in [0.2, 0.25) is 0 Å². The molecule has 0 spiro atoms. The van der Waals surface area contributed by atoms with Gasteiger partial charge in [0.25, 0.3) is 0 Å². The molecule has 106 valence electrons. The Kier molecular flexibility index (Phi) is 5.59. The van der Waals surface area contributed by atoms with Crippen LogP contribution in [0.25, 0.3) is 0 Å².